The Balaban J connectivity index is 1.75. The van der Waals surface area contributed by atoms with Crippen LogP contribution in [-0.2, 0) is 4.79 Å². The molecule has 2 aromatic carbocycles. The zero-order chi connectivity index (χ0) is 16.5. The zero-order valence-corrected chi connectivity index (χ0v) is 13.6. The van der Waals surface area contributed by atoms with Crippen molar-refractivity contribution in [3.05, 3.63) is 54.6 Å². The Morgan fingerprint density at radius 1 is 1.00 bits per heavy atom. The van der Waals surface area contributed by atoms with Crippen molar-refractivity contribution in [2.45, 2.75) is 0 Å². The molecule has 0 spiro atoms. The van der Waals surface area contributed by atoms with Gasteiger partial charge in [0.05, 0.1) is 6.54 Å². The lowest BCUT2D eigenvalue weighted by molar-refractivity contribution is -0.114. The molecule has 5 heteroatoms. The number of carbonyl (C=O) groups is 1. The maximum atomic E-state index is 11.9. The van der Waals surface area contributed by atoms with Crippen LogP contribution in [0, 0.1) is 0 Å². The van der Waals surface area contributed by atoms with Gasteiger partial charge >= 0.3 is 0 Å². The standard InChI is InChI=1S/C18H23N3O2/c1-21(2)12-13-23-17-10-8-16(9-11-17)20-18(22)14-19-15-6-4-3-5-7-15/h3-11,19H,12-14H2,1-2H3,(H,20,22). The summed E-state index contributed by atoms with van der Waals surface area (Å²) in [5, 5.41) is 5.92. The predicted octanol–water partition coefficient (Wildman–Crippen LogP) is 2.68. The SMILES string of the molecule is CN(C)CCOc1ccc(NC(=O)CNc2ccccc2)cc1. The van der Waals surface area contributed by atoms with E-state index in [1.165, 1.54) is 0 Å². The van der Waals surface area contributed by atoms with Crippen LogP contribution in [0.15, 0.2) is 54.6 Å². The van der Waals surface area contributed by atoms with Crippen LogP contribution in [-0.4, -0.2) is 44.6 Å². The summed E-state index contributed by atoms with van der Waals surface area (Å²) in [7, 11) is 4.01. The smallest absolute Gasteiger partial charge is 0.243 e. The molecule has 0 saturated carbocycles. The van der Waals surface area contributed by atoms with Crippen molar-refractivity contribution in [3.63, 3.8) is 0 Å². The second-order valence-corrected chi connectivity index (χ2v) is 5.44. The summed E-state index contributed by atoms with van der Waals surface area (Å²) >= 11 is 0. The summed E-state index contributed by atoms with van der Waals surface area (Å²) in [4.78, 5) is 14.0. The third kappa shape index (κ3) is 6.40. The largest absolute Gasteiger partial charge is 0.492 e. The van der Waals surface area contributed by atoms with E-state index in [2.05, 4.69) is 15.5 Å². The van der Waals surface area contributed by atoms with Crippen LogP contribution >= 0.6 is 0 Å². The first kappa shape index (κ1) is 16.8. The second-order valence-electron chi connectivity index (χ2n) is 5.44. The third-order valence-electron chi connectivity index (χ3n) is 3.17. The normalized spacial score (nSPS) is 10.4. The summed E-state index contributed by atoms with van der Waals surface area (Å²) in [6.07, 6.45) is 0. The highest BCUT2D eigenvalue weighted by Crippen LogP contribution is 2.15. The van der Waals surface area contributed by atoms with Gasteiger partial charge in [0.1, 0.15) is 12.4 Å². The molecule has 0 aliphatic rings. The molecule has 0 aliphatic heterocycles. The fraction of sp³-hybridized carbons (Fsp3) is 0.278. The average molecular weight is 313 g/mol. The number of likely N-dealkylation sites (N-methyl/N-ethyl adjacent to an activating group) is 1. The number of hydrogen-bond donors (Lipinski definition) is 2. The van der Waals surface area contributed by atoms with Crippen molar-refractivity contribution in [2.75, 3.05) is 44.4 Å². The van der Waals surface area contributed by atoms with Crippen molar-refractivity contribution in [1.29, 1.82) is 0 Å². The first-order chi connectivity index (χ1) is 11.1. The molecule has 2 aromatic rings. The predicted molar refractivity (Wildman–Crippen MR) is 94.1 cm³/mol. The fourth-order valence-electron chi connectivity index (χ4n) is 1.92. The highest BCUT2D eigenvalue weighted by atomic mass is 16.5. The van der Waals surface area contributed by atoms with E-state index >= 15 is 0 Å². The quantitative estimate of drug-likeness (QED) is 0.787. The van der Waals surface area contributed by atoms with Gasteiger partial charge in [-0.2, -0.15) is 0 Å². The first-order valence-electron chi connectivity index (χ1n) is 7.60. The molecule has 0 bridgehead atoms. The Hall–Kier alpha value is -2.53. The van der Waals surface area contributed by atoms with Gasteiger partial charge in [-0.3, -0.25) is 4.79 Å². The molecule has 2 N–H and O–H groups in total. The van der Waals surface area contributed by atoms with E-state index in [9.17, 15) is 4.79 Å². The highest BCUT2D eigenvalue weighted by molar-refractivity contribution is 5.93. The number of para-hydroxylation sites is 1. The van der Waals surface area contributed by atoms with Gasteiger partial charge < -0.3 is 20.3 Å². The van der Waals surface area contributed by atoms with Gasteiger partial charge in [-0.05, 0) is 50.5 Å². The summed E-state index contributed by atoms with van der Waals surface area (Å²) < 4.78 is 5.62. The second kappa shape index (κ2) is 8.80. The maximum absolute atomic E-state index is 11.9. The topological polar surface area (TPSA) is 53.6 Å². The summed E-state index contributed by atoms with van der Waals surface area (Å²) in [5.41, 5.74) is 1.68. The zero-order valence-electron chi connectivity index (χ0n) is 13.6. The lowest BCUT2D eigenvalue weighted by Crippen LogP contribution is -2.21. The van der Waals surface area contributed by atoms with Crippen LogP contribution < -0.4 is 15.4 Å². The van der Waals surface area contributed by atoms with Gasteiger partial charge in [0.25, 0.3) is 0 Å². The minimum Gasteiger partial charge on any atom is -0.492 e. The average Bonchev–Trinajstić information content (AvgIpc) is 2.55. The van der Waals surface area contributed by atoms with E-state index in [0.717, 1.165) is 23.7 Å². The van der Waals surface area contributed by atoms with Crippen molar-refractivity contribution >= 4 is 17.3 Å². The minimum absolute atomic E-state index is 0.0878. The van der Waals surface area contributed by atoms with Gasteiger partial charge in [-0.25, -0.2) is 0 Å². The number of nitrogens with one attached hydrogen (secondary N) is 2. The van der Waals surface area contributed by atoms with Gasteiger partial charge in [0.2, 0.25) is 5.91 Å². The number of ether oxygens (including phenoxy) is 1. The molecule has 23 heavy (non-hydrogen) atoms. The van der Waals surface area contributed by atoms with Crippen LogP contribution in [0.2, 0.25) is 0 Å². The number of hydrogen-bond acceptors (Lipinski definition) is 4. The maximum Gasteiger partial charge on any atom is 0.243 e. The van der Waals surface area contributed by atoms with E-state index in [1.807, 2.05) is 68.7 Å². The Kier molecular flexibility index (Phi) is 6.44. The molecule has 0 unspecified atom stereocenters. The van der Waals surface area contributed by atoms with Crippen LogP contribution in [0.3, 0.4) is 0 Å². The van der Waals surface area contributed by atoms with Crippen LogP contribution in [0.1, 0.15) is 0 Å². The van der Waals surface area contributed by atoms with Gasteiger partial charge in [-0.1, -0.05) is 18.2 Å². The van der Waals surface area contributed by atoms with E-state index in [1.54, 1.807) is 0 Å². The molecule has 0 aromatic heterocycles. The lowest BCUT2D eigenvalue weighted by Gasteiger charge is -2.11. The molecule has 0 aliphatic carbocycles. The lowest BCUT2D eigenvalue weighted by atomic mass is 10.3. The Morgan fingerprint density at radius 2 is 1.70 bits per heavy atom. The summed E-state index contributed by atoms with van der Waals surface area (Å²) in [5.74, 6) is 0.711. The number of amides is 1. The number of rotatable bonds is 8. The molecular formula is C18H23N3O2. The molecule has 0 fully saturated rings. The van der Waals surface area contributed by atoms with E-state index in [4.69, 9.17) is 4.74 Å². The molecule has 1 amide bonds. The molecule has 2 rings (SSSR count). The Bertz CT molecular complexity index is 597. The van der Waals surface area contributed by atoms with Crippen LogP contribution in [0.5, 0.6) is 5.75 Å². The van der Waals surface area contributed by atoms with E-state index in [0.29, 0.717) is 6.61 Å². The van der Waals surface area contributed by atoms with Crippen LogP contribution in [0.25, 0.3) is 0 Å². The fourth-order valence-corrected chi connectivity index (χ4v) is 1.92. The number of carbonyl (C=O) groups excluding carboxylic acids is 1. The van der Waals surface area contributed by atoms with E-state index in [-0.39, 0.29) is 12.5 Å². The molecular weight excluding hydrogens is 290 g/mol. The Morgan fingerprint density at radius 3 is 2.35 bits per heavy atom. The summed E-state index contributed by atoms with van der Waals surface area (Å²) in [6.45, 7) is 1.73. The minimum atomic E-state index is -0.0878. The van der Waals surface area contributed by atoms with Crippen molar-refractivity contribution in [3.8, 4) is 5.75 Å². The number of anilines is 2. The summed E-state index contributed by atoms with van der Waals surface area (Å²) in [6, 6.07) is 17.0. The van der Waals surface area contributed by atoms with Crippen LogP contribution in [0.4, 0.5) is 11.4 Å². The molecule has 122 valence electrons. The van der Waals surface area contributed by atoms with Gasteiger partial charge in [0.15, 0.2) is 0 Å². The van der Waals surface area contributed by atoms with Crippen molar-refractivity contribution < 1.29 is 9.53 Å². The van der Waals surface area contributed by atoms with Crippen molar-refractivity contribution in [1.82, 2.24) is 4.90 Å². The molecule has 0 heterocycles. The highest BCUT2D eigenvalue weighted by Gasteiger charge is 2.03. The Labute approximate surface area is 137 Å². The monoisotopic (exact) mass is 313 g/mol. The number of nitrogens with zero attached hydrogens (tertiary/aromatic N) is 1. The van der Waals surface area contributed by atoms with Gasteiger partial charge in [-0.15, -0.1) is 0 Å². The molecule has 0 radical (unpaired) electrons. The molecule has 0 saturated heterocycles. The van der Waals surface area contributed by atoms with Crippen molar-refractivity contribution in [2.24, 2.45) is 0 Å². The molecule has 5 nitrogen and oxygen atoms in total. The van der Waals surface area contributed by atoms with Gasteiger partial charge in [0, 0.05) is 17.9 Å². The van der Waals surface area contributed by atoms with E-state index < -0.39 is 0 Å². The molecule has 0 atom stereocenters. The first-order valence-corrected chi connectivity index (χ1v) is 7.60. The number of benzene rings is 2. The third-order valence-corrected chi connectivity index (χ3v) is 3.17.